The molecule has 0 bridgehead atoms. The molecular formula is C13H24N2S. The van der Waals surface area contributed by atoms with Crippen molar-refractivity contribution in [3.05, 3.63) is 22.4 Å². The molecule has 92 valence electrons. The van der Waals surface area contributed by atoms with E-state index in [1.807, 2.05) is 0 Å². The summed E-state index contributed by atoms with van der Waals surface area (Å²) >= 11 is 1.78. The van der Waals surface area contributed by atoms with Crippen LogP contribution in [0.3, 0.4) is 0 Å². The lowest BCUT2D eigenvalue weighted by atomic mass is 10.2. The molecule has 0 aliphatic heterocycles. The predicted octanol–water partition coefficient (Wildman–Crippen LogP) is 2.61. The number of rotatable bonds is 9. The normalized spacial score (nSPS) is 11.2. The van der Waals surface area contributed by atoms with Gasteiger partial charge in [-0.05, 0) is 54.9 Å². The molecule has 1 N–H and O–H groups in total. The third-order valence-corrected chi connectivity index (χ3v) is 3.49. The molecular weight excluding hydrogens is 216 g/mol. The maximum absolute atomic E-state index is 3.51. The van der Waals surface area contributed by atoms with Crippen LogP contribution in [-0.4, -0.2) is 37.6 Å². The lowest BCUT2D eigenvalue weighted by molar-refractivity contribution is 0.288. The summed E-state index contributed by atoms with van der Waals surface area (Å²) in [7, 11) is 0. The third-order valence-electron chi connectivity index (χ3n) is 2.76. The van der Waals surface area contributed by atoms with E-state index < -0.39 is 0 Å². The van der Waals surface area contributed by atoms with Gasteiger partial charge in [-0.25, -0.2) is 0 Å². The number of hydrogen-bond donors (Lipinski definition) is 1. The van der Waals surface area contributed by atoms with E-state index in [0.29, 0.717) is 0 Å². The SMILES string of the molecule is CCCN(CC)CCNCCc1ccsc1. The van der Waals surface area contributed by atoms with Gasteiger partial charge in [0.25, 0.3) is 0 Å². The molecule has 0 unspecified atom stereocenters. The molecule has 1 heterocycles. The van der Waals surface area contributed by atoms with Crippen molar-refractivity contribution < 1.29 is 0 Å². The molecule has 1 aromatic heterocycles. The van der Waals surface area contributed by atoms with Crippen LogP contribution in [0.2, 0.25) is 0 Å². The lowest BCUT2D eigenvalue weighted by Gasteiger charge is -2.19. The molecule has 3 heteroatoms. The molecule has 0 amide bonds. The van der Waals surface area contributed by atoms with Crippen LogP contribution in [-0.2, 0) is 6.42 Å². The topological polar surface area (TPSA) is 15.3 Å². The van der Waals surface area contributed by atoms with Gasteiger partial charge in [0.05, 0.1) is 0 Å². The van der Waals surface area contributed by atoms with Crippen molar-refractivity contribution in [3.8, 4) is 0 Å². The second-order valence-electron chi connectivity index (χ2n) is 4.07. The summed E-state index contributed by atoms with van der Waals surface area (Å²) in [6.07, 6.45) is 2.41. The van der Waals surface area contributed by atoms with E-state index in [9.17, 15) is 0 Å². The molecule has 16 heavy (non-hydrogen) atoms. The van der Waals surface area contributed by atoms with Gasteiger partial charge in [-0.2, -0.15) is 11.3 Å². The minimum absolute atomic E-state index is 1.10. The Morgan fingerprint density at radius 2 is 2.12 bits per heavy atom. The molecule has 2 nitrogen and oxygen atoms in total. The predicted molar refractivity (Wildman–Crippen MR) is 73.3 cm³/mol. The van der Waals surface area contributed by atoms with E-state index in [4.69, 9.17) is 0 Å². The van der Waals surface area contributed by atoms with Gasteiger partial charge >= 0.3 is 0 Å². The van der Waals surface area contributed by atoms with E-state index in [-0.39, 0.29) is 0 Å². The maximum atomic E-state index is 3.51. The van der Waals surface area contributed by atoms with Crippen molar-refractivity contribution in [3.63, 3.8) is 0 Å². The van der Waals surface area contributed by atoms with E-state index in [1.54, 1.807) is 11.3 Å². The van der Waals surface area contributed by atoms with Gasteiger partial charge < -0.3 is 10.2 Å². The summed E-state index contributed by atoms with van der Waals surface area (Å²) in [5.74, 6) is 0. The highest BCUT2D eigenvalue weighted by Gasteiger charge is 1.99. The monoisotopic (exact) mass is 240 g/mol. The first-order valence-electron chi connectivity index (χ1n) is 6.31. The summed E-state index contributed by atoms with van der Waals surface area (Å²) in [5, 5.41) is 7.89. The van der Waals surface area contributed by atoms with Gasteiger partial charge in [0.2, 0.25) is 0 Å². The summed E-state index contributed by atoms with van der Waals surface area (Å²) in [5.41, 5.74) is 1.46. The average Bonchev–Trinajstić information content (AvgIpc) is 2.80. The number of nitrogens with one attached hydrogen (secondary N) is 1. The Morgan fingerprint density at radius 3 is 2.75 bits per heavy atom. The molecule has 0 aromatic carbocycles. The molecule has 0 saturated carbocycles. The van der Waals surface area contributed by atoms with Gasteiger partial charge in [0, 0.05) is 13.1 Å². The van der Waals surface area contributed by atoms with E-state index in [0.717, 1.165) is 19.5 Å². The summed E-state index contributed by atoms with van der Waals surface area (Å²) in [6, 6.07) is 2.21. The van der Waals surface area contributed by atoms with Crippen LogP contribution in [0.4, 0.5) is 0 Å². The van der Waals surface area contributed by atoms with Crippen molar-refractivity contribution in [1.29, 1.82) is 0 Å². The Bertz CT molecular complexity index is 246. The number of thiophene rings is 1. The zero-order chi connectivity index (χ0) is 11.6. The Balaban J connectivity index is 1.98. The maximum Gasteiger partial charge on any atom is 0.0107 e. The van der Waals surface area contributed by atoms with E-state index >= 15 is 0 Å². The molecule has 0 spiro atoms. The number of hydrogen-bond acceptors (Lipinski definition) is 3. The lowest BCUT2D eigenvalue weighted by Crippen LogP contribution is -2.33. The average molecular weight is 240 g/mol. The largest absolute Gasteiger partial charge is 0.315 e. The second kappa shape index (κ2) is 8.74. The zero-order valence-corrected chi connectivity index (χ0v) is 11.4. The van der Waals surface area contributed by atoms with Crippen LogP contribution in [0.15, 0.2) is 16.8 Å². The fourth-order valence-corrected chi connectivity index (χ4v) is 2.48. The Kier molecular flexibility index (Phi) is 7.47. The van der Waals surface area contributed by atoms with E-state index in [1.165, 1.54) is 31.6 Å². The standard InChI is InChI=1S/C13H24N2S/c1-3-9-15(4-2)10-8-14-7-5-13-6-11-16-12-13/h6,11-12,14H,3-5,7-10H2,1-2H3. The highest BCUT2D eigenvalue weighted by Crippen LogP contribution is 2.05. The van der Waals surface area contributed by atoms with E-state index in [2.05, 4.69) is 40.9 Å². The smallest absolute Gasteiger partial charge is 0.0107 e. The minimum Gasteiger partial charge on any atom is -0.315 e. The summed E-state index contributed by atoms with van der Waals surface area (Å²) in [4.78, 5) is 2.50. The Hall–Kier alpha value is -0.380. The van der Waals surface area contributed by atoms with Crippen LogP contribution in [0.25, 0.3) is 0 Å². The quantitative estimate of drug-likeness (QED) is 0.668. The fourth-order valence-electron chi connectivity index (χ4n) is 1.77. The van der Waals surface area contributed by atoms with Gasteiger partial charge in [-0.15, -0.1) is 0 Å². The van der Waals surface area contributed by atoms with Gasteiger partial charge in [0.1, 0.15) is 0 Å². The third kappa shape index (κ3) is 5.64. The molecule has 0 fully saturated rings. The highest BCUT2D eigenvalue weighted by molar-refractivity contribution is 7.07. The molecule has 1 aromatic rings. The van der Waals surface area contributed by atoms with Crippen molar-refractivity contribution in [2.75, 3.05) is 32.7 Å². The fraction of sp³-hybridized carbons (Fsp3) is 0.692. The van der Waals surface area contributed by atoms with Crippen LogP contribution in [0, 0.1) is 0 Å². The second-order valence-corrected chi connectivity index (χ2v) is 4.85. The van der Waals surface area contributed by atoms with Crippen molar-refractivity contribution in [2.45, 2.75) is 26.7 Å². The Labute approximate surface area is 104 Å². The molecule has 0 aliphatic rings. The molecule has 0 atom stereocenters. The first-order valence-corrected chi connectivity index (χ1v) is 7.25. The first kappa shape index (κ1) is 13.7. The van der Waals surface area contributed by atoms with Crippen molar-refractivity contribution >= 4 is 11.3 Å². The summed E-state index contributed by atoms with van der Waals surface area (Å²) in [6.45, 7) is 10.3. The molecule has 1 rings (SSSR count). The van der Waals surface area contributed by atoms with Crippen LogP contribution >= 0.6 is 11.3 Å². The van der Waals surface area contributed by atoms with Crippen LogP contribution in [0.1, 0.15) is 25.8 Å². The summed E-state index contributed by atoms with van der Waals surface area (Å²) < 4.78 is 0. The first-order chi connectivity index (χ1) is 7.86. The van der Waals surface area contributed by atoms with Gasteiger partial charge in [-0.3, -0.25) is 0 Å². The van der Waals surface area contributed by atoms with Crippen LogP contribution < -0.4 is 5.32 Å². The van der Waals surface area contributed by atoms with Gasteiger partial charge in [0.15, 0.2) is 0 Å². The van der Waals surface area contributed by atoms with Crippen molar-refractivity contribution in [2.24, 2.45) is 0 Å². The molecule has 0 radical (unpaired) electrons. The molecule has 0 aliphatic carbocycles. The minimum atomic E-state index is 1.10. The number of likely N-dealkylation sites (N-methyl/N-ethyl adjacent to an activating group) is 1. The molecule has 0 saturated heterocycles. The Morgan fingerprint density at radius 1 is 1.25 bits per heavy atom. The van der Waals surface area contributed by atoms with Gasteiger partial charge in [-0.1, -0.05) is 13.8 Å². The van der Waals surface area contributed by atoms with Crippen LogP contribution in [0.5, 0.6) is 0 Å². The van der Waals surface area contributed by atoms with Crippen molar-refractivity contribution in [1.82, 2.24) is 10.2 Å². The number of nitrogens with zero attached hydrogens (tertiary/aromatic N) is 1. The highest BCUT2D eigenvalue weighted by atomic mass is 32.1. The zero-order valence-electron chi connectivity index (χ0n) is 10.5.